The average molecular weight is 356 g/mol. The standard InChI is InChI=1S/C9H10N4.C9H10O4/c1-7-9(3-2-4-11-7)13-6-8(10)5-12-13;1-9(8(12)13)4-2-3-6(5-9)7(10)11/h2-6H,10H2,1H3;2-4H,5H2,1H3,(H,10,11)(H,12,13). The van der Waals surface area contributed by atoms with Crippen LogP contribution in [0, 0.1) is 12.3 Å². The third-order valence-electron chi connectivity index (χ3n) is 3.91. The van der Waals surface area contributed by atoms with Crippen molar-refractivity contribution in [2.75, 3.05) is 5.73 Å². The Kier molecular flexibility index (Phi) is 5.56. The summed E-state index contributed by atoms with van der Waals surface area (Å²) in [5, 5.41) is 21.6. The molecule has 26 heavy (non-hydrogen) atoms. The Labute approximate surface area is 150 Å². The summed E-state index contributed by atoms with van der Waals surface area (Å²) in [6.45, 7) is 3.44. The number of hydrogen-bond donors (Lipinski definition) is 3. The van der Waals surface area contributed by atoms with Crippen LogP contribution in [0.4, 0.5) is 5.69 Å². The maximum Gasteiger partial charge on any atom is 0.331 e. The second kappa shape index (κ2) is 7.64. The summed E-state index contributed by atoms with van der Waals surface area (Å²) in [5.74, 6) is -2.06. The van der Waals surface area contributed by atoms with E-state index in [1.807, 2.05) is 19.1 Å². The van der Waals surface area contributed by atoms with Gasteiger partial charge in [0, 0.05) is 11.8 Å². The molecule has 8 heteroatoms. The van der Waals surface area contributed by atoms with E-state index < -0.39 is 17.4 Å². The van der Waals surface area contributed by atoms with E-state index in [1.54, 1.807) is 23.3 Å². The van der Waals surface area contributed by atoms with Crippen molar-refractivity contribution in [3.8, 4) is 5.69 Å². The molecule has 1 atom stereocenters. The minimum absolute atomic E-state index is 0.0359. The lowest BCUT2D eigenvalue weighted by molar-refractivity contribution is -0.145. The predicted octanol–water partition coefficient (Wildman–Crippen LogP) is 2.21. The minimum Gasteiger partial charge on any atom is -0.481 e. The predicted molar refractivity (Wildman–Crippen MR) is 95.7 cm³/mol. The lowest BCUT2D eigenvalue weighted by atomic mass is 9.80. The molecule has 0 aromatic carbocycles. The molecule has 0 saturated heterocycles. The van der Waals surface area contributed by atoms with Gasteiger partial charge in [0.2, 0.25) is 0 Å². The number of aromatic nitrogens is 3. The summed E-state index contributed by atoms with van der Waals surface area (Å²) in [4.78, 5) is 25.5. The van der Waals surface area contributed by atoms with E-state index in [9.17, 15) is 9.59 Å². The zero-order chi connectivity index (χ0) is 19.3. The Morgan fingerprint density at radius 2 is 2.08 bits per heavy atom. The highest BCUT2D eigenvalue weighted by molar-refractivity contribution is 5.90. The van der Waals surface area contributed by atoms with Gasteiger partial charge in [0.15, 0.2) is 0 Å². The van der Waals surface area contributed by atoms with E-state index in [2.05, 4.69) is 10.1 Å². The first kappa shape index (κ1) is 18.9. The Morgan fingerprint density at radius 1 is 1.35 bits per heavy atom. The van der Waals surface area contributed by atoms with Gasteiger partial charge < -0.3 is 15.9 Å². The van der Waals surface area contributed by atoms with Gasteiger partial charge in [-0.1, -0.05) is 18.2 Å². The van der Waals surface area contributed by atoms with Crippen molar-refractivity contribution in [1.82, 2.24) is 14.8 Å². The van der Waals surface area contributed by atoms with Crippen LogP contribution in [0.25, 0.3) is 5.69 Å². The quantitative estimate of drug-likeness (QED) is 0.768. The number of aliphatic carboxylic acids is 2. The van der Waals surface area contributed by atoms with Crippen LogP contribution < -0.4 is 5.73 Å². The van der Waals surface area contributed by atoms with Crippen molar-refractivity contribution in [3.63, 3.8) is 0 Å². The monoisotopic (exact) mass is 356 g/mol. The van der Waals surface area contributed by atoms with Crippen LogP contribution in [-0.2, 0) is 9.59 Å². The minimum atomic E-state index is -1.08. The van der Waals surface area contributed by atoms with Gasteiger partial charge in [-0.3, -0.25) is 9.78 Å². The number of hydrogen-bond acceptors (Lipinski definition) is 5. The molecule has 136 valence electrons. The summed E-state index contributed by atoms with van der Waals surface area (Å²) in [6.07, 6.45) is 9.58. The third-order valence-corrected chi connectivity index (χ3v) is 3.91. The van der Waals surface area contributed by atoms with Gasteiger partial charge in [-0.15, -0.1) is 0 Å². The summed E-state index contributed by atoms with van der Waals surface area (Å²) < 4.78 is 1.72. The molecule has 2 aromatic heterocycles. The SMILES string of the molecule is CC1(C(=O)O)C=CC=C(C(=O)O)C1.Cc1ncccc1-n1cc(N)cn1. The van der Waals surface area contributed by atoms with Gasteiger partial charge in [0.1, 0.15) is 0 Å². The number of carboxylic acids is 2. The molecule has 2 aromatic rings. The number of nitrogens with zero attached hydrogens (tertiary/aromatic N) is 3. The molecule has 0 fully saturated rings. The number of nitrogens with two attached hydrogens (primary N) is 1. The largest absolute Gasteiger partial charge is 0.481 e. The second-order valence-electron chi connectivity index (χ2n) is 6.08. The van der Waals surface area contributed by atoms with E-state index in [1.165, 1.54) is 25.2 Å². The van der Waals surface area contributed by atoms with Gasteiger partial charge in [-0.05, 0) is 32.4 Å². The van der Waals surface area contributed by atoms with Crippen molar-refractivity contribution >= 4 is 17.6 Å². The van der Waals surface area contributed by atoms with Crippen molar-refractivity contribution in [1.29, 1.82) is 0 Å². The van der Waals surface area contributed by atoms with Gasteiger partial charge in [0.05, 0.1) is 34.9 Å². The molecular formula is C18H20N4O4. The third kappa shape index (κ3) is 4.35. The fraction of sp³-hybridized carbons (Fsp3) is 0.222. The molecule has 4 N–H and O–H groups in total. The summed E-state index contributed by atoms with van der Waals surface area (Å²) in [5.41, 5.74) is 7.16. The molecule has 1 aliphatic carbocycles. The first-order valence-corrected chi connectivity index (χ1v) is 7.80. The molecule has 0 saturated carbocycles. The first-order chi connectivity index (χ1) is 12.2. The number of anilines is 1. The van der Waals surface area contributed by atoms with Crippen molar-refractivity contribution < 1.29 is 19.8 Å². The van der Waals surface area contributed by atoms with Gasteiger partial charge in [-0.2, -0.15) is 5.10 Å². The maximum absolute atomic E-state index is 10.8. The Morgan fingerprint density at radius 3 is 2.62 bits per heavy atom. The van der Waals surface area contributed by atoms with Crippen LogP contribution in [0.3, 0.4) is 0 Å². The normalized spacial score (nSPS) is 18.5. The highest BCUT2D eigenvalue weighted by atomic mass is 16.4. The Balaban J connectivity index is 0.000000187. The Hall–Kier alpha value is -3.42. The number of nitrogen functional groups attached to an aromatic ring is 1. The molecular weight excluding hydrogens is 336 g/mol. The Bertz CT molecular complexity index is 885. The molecule has 2 heterocycles. The maximum atomic E-state index is 10.8. The average Bonchev–Trinajstić information content (AvgIpc) is 3.02. The molecule has 1 unspecified atom stereocenters. The summed E-state index contributed by atoms with van der Waals surface area (Å²) in [7, 11) is 0. The number of rotatable bonds is 3. The van der Waals surface area contributed by atoms with E-state index >= 15 is 0 Å². The van der Waals surface area contributed by atoms with Gasteiger partial charge >= 0.3 is 11.9 Å². The molecule has 3 rings (SSSR count). The lowest BCUT2D eigenvalue weighted by Crippen LogP contribution is -2.28. The number of allylic oxidation sites excluding steroid dienone is 2. The number of carbonyl (C=O) groups is 2. The molecule has 0 radical (unpaired) electrons. The van der Waals surface area contributed by atoms with Gasteiger partial charge in [0.25, 0.3) is 0 Å². The van der Waals surface area contributed by atoms with E-state index in [0.29, 0.717) is 5.69 Å². The van der Waals surface area contributed by atoms with Crippen LogP contribution >= 0.6 is 0 Å². The first-order valence-electron chi connectivity index (χ1n) is 7.80. The molecule has 0 bridgehead atoms. The van der Waals surface area contributed by atoms with Crippen molar-refractivity contribution in [2.24, 2.45) is 5.41 Å². The summed E-state index contributed by atoms with van der Waals surface area (Å²) >= 11 is 0. The molecule has 8 nitrogen and oxygen atoms in total. The lowest BCUT2D eigenvalue weighted by Gasteiger charge is -2.23. The fourth-order valence-electron chi connectivity index (χ4n) is 2.37. The zero-order valence-electron chi connectivity index (χ0n) is 14.5. The number of carboxylic acid groups (broad SMARTS) is 2. The second-order valence-corrected chi connectivity index (χ2v) is 6.08. The summed E-state index contributed by atoms with van der Waals surface area (Å²) in [6, 6.07) is 3.83. The topological polar surface area (TPSA) is 131 Å². The number of aryl methyl sites for hydroxylation is 1. The molecule has 1 aliphatic rings. The van der Waals surface area contributed by atoms with Crippen LogP contribution in [-0.4, -0.2) is 36.9 Å². The highest BCUT2D eigenvalue weighted by Gasteiger charge is 2.34. The van der Waals surface area contributed by atoms with E-state index in [-0.39, 0.29) is 12.0 Å². The van der Waals surface area contributed by atoms with E-state index in [0.717, 1.165) is 11.4 Å². The van der Waals surface area contributed by atoms with Crippen molar-refractivity contribution in [3.05, 3.63) is 60.2 Å². The van der Waals surface area contributed by atoms with Gasteiger partial charge in [-0.25, -0.2) is 9.48 Å². The molecule has 0 amide bonds. The van der Waals surface area contributed by atoms with Crippen molar-refractivity contribution in [2.45, 2.75) is 20.3 Å². The van der Waals surface area contributed by atoms with Crippen LogP contribution in [0.1, 0.15) is 19.0 Å². The molecule has 0 spiro atoms. The fourth-order valence-corrected chi connectivity index (χ4v) is 2.37. The molecule has 0 aliphatic heterocycles. The van der Waals surface area contributed by atoms with Crippen LogP contribution in [0.2, 0.25) is 0 Å². The van der Waals surface area contributed by atoms with Crippen LogP contribution in [0.5, 0.6) is 0 Å². The van der Waals surface area contributed by atoms with E-state index in [4.69, 9.17) is 15.9 Å². The highest BCUT2D eigenvalue weighted by Crippen LogP contribution is 2.31. The smallest absolute Gasteiger partial charge is 0.331 e. The number of pyridine rings is 1. The van der Waals surface area contributed by atoms with Crippen LogP contribution in [0.15, 0.2) is 54.5 Å². The zero-order valence-corrected chi connectivity index (χ0v) is 14.5.